The molecule has 2 atom stereocenters. The summed E-state index contributed by atoms with van der Waals surface area (Å²) in [6, 6.07) is -0.131. The molecule has 0 fully saturated rings. The largest absolute Gasteiger partial charge is 0.394 e. The molecule has 0 aliphatic carbocycles. The summed E-state index contributed by atoms with van der Waals surface area (Å²) in [5.41, 5.74) is 5.50. The minimum Gasteiger partial charge on any atom is -0.394 e. The molecule has 0 aromatic rings. The van der Waals surface area contributed by atoms with E-state index < -0.39 is 0 Å². The number of carbonyl (C=O) groups is 1. The highest BCUT2D eigenvalue weighted by Crippen LogP contribution is 2.05. The highest BCUT2D eigenvalue weighted by molar-refractivity contribution is 5.79. The van der Waals surface area contributed by atoms with Crippen molar-refractivity contribution in [2.24, 2.45) is 11.7 Å². The van der Waals surface area contributed by atoms with Crippen LogP contribution in [0, 0.1) is 5.92 Å². The molecule has 0 spiro atoms. The Morgan fingerprint density at radius 1 is 1.50 bits per heavy atom. The van der Waals surface area contributed by atoms with Crippen molar-refractivity contribution < 1.29 is 9.90 Å². The lowest BCUT2D eigenvalue weighted by Gasteiger charge is -2.18. The summed E-state index contributed by atoms with van der Waals surface area (Å²) in [5, 5.41) is 11.7. The van der Waals surface area contributed by atoms with Crippen LogP contribution in [-0.2, 0) is 4.79 Å². The van der Waals surface area contributed by atoms with E-state index in [1.807, 2.05) is 13.8 Å². The first-order valence-corrected chi connectivity index (χ1v) is 5.30. The van der Waals surface area contributed by atoms with Crippen molar-refractivity contribution in [2.75, 3.05) is 13.2 Å². The second kappa shape index (κ2) is 7.76. The lowest BCUT2D eigenvalue weighted by Crippen LogP contribution is -2.42. The molecule has 0 saturated heterocycles. The maximum Gasteiger partial charge on any atom is 0.224 e. The molecular formula is C10H22N2O2. The van der Waals surface area contributed by atoms with Crippen LogP contribution in [0.15, 0.2) is 0 Å². The summed E-state index contributed by atoms with van der Waals surface area (Å²) in [6.45, 7) is 4.32. The van der Waals surface area contributed by atoms with E-state index in [4.69, 9.17) is 10.8 Å². The van der Waals surface area contributed by atoms with Crippen molar-refractivity contribution in [3.05, 3.63) is 0 Å². The molecule has 0 rings (SSSR count). The maximum absolute atomic E-state index is 11.6. The zero-order valence-electron chi connectivity index (χ0n) is 9.12. The first-order valence-electron chi connectivity index (χ1n) is 5.30. The molecule has 0 aliphatic heterocycles. The molecule has 1 amide bonds. The van der Waals surface area contributed by atoms with Crippen molar-refractivity contribution in [3.8, 4) is 0 Å². The molecule has 0 aromatic heterocycles. The summed E-state index contributed by atoms with van der Waals surface area (Å²) in [6.07, 6.45) is 2.50. The number of amides is 1. The SMILES string of the molecule is CCCC(CN)C(=O)N[C@H](CC)CO. The van der Waals surface area contributed by atoms with Gasteiger partial charge >= 0.3 is 0 Å². The molecule has 0 radical (unpaired) electrons. The molecule has 0 aromatic carbocycles. The van der Waals surface area contributed by atoms with Crippen LogP contribution in [0.25, 0.3) is 0 Å². The van der Waals surface area contributed by atoms with Crippen LogP contribution in [0.3, 0.4) is 0 Å². The van der Waals surface area contributed by atoms with Crippen molar-refractivity contribution in [3.63, 3.8) is 0 Å². The minimum atomic E-state index is -0.131. The van der Waals surface area contributed by atoms with Gasteiger partial charge in [-0.05, 0) is 12.8 Å². The standard InChI is InChI=1S/C10H22N2O2/c1-3-5-8(6-11)10(14)12-9(4-2)7-13/h8-9,13H,3-7,11H2,1-2H3,(H,12,14)/t8?,9-/m1/s1. The molecule has 14 heavy (non-hydrogen) atoms. The van der Waals surface area contributed by atoms with E-state index in [1.54, 1.807) is 0 Å². The van der Waals surface area contributed by atoms with Crippen LogP contribution in [0.2, 0.25) is 0 Å². The molecular weight excluding hydrogens is 180 g/mol. The van der Waals surface area contributed by atoms with Crippen LogP contribution in [0.5, 0.6) is 0 Å². The first kappa shape index (κ1) is 13.4. The third-order valence-corrected chi connectivity index (χ3v) is 2.35. The number of carbonyl (C=O) groups excluding carboxylic acids is 1. The van der Waals surface area contributed by atoms with E-state index in [1.165, 1.54) is 0 Å². The van der Waals surface area contributed by atoms with Crippen molar-refractivity contribution in [1.82, 2.24) is 5.32 Å². The fraction of sp³-hybridized carbons (Fsp3) is 0.900. The van der Waals surface area contributed by atoms with E-state index in [9.17, 15) is 4.79 Å². The Morgan fingerprint density at radius 2 is 2.14 bits per heavy atom. The van der Waals surface area contributed by atoms with Crippen molar-refractivity contribution in [1.29, 1.82) is 0 Å². The number of nitrogens with one attached hydrogen (secondary N) is 1. The Morgan fingerprint density at radius 3 is 2.50 bits per heavy atom. The maximum atomic E-state index is 11.6. The Bertz CT molecular complexity index is 158. The number of aliphatic hydroxyl groups excluding tert-OH is 1. The van der Waals surface area contributed by atoms with Crippen LogP contribution in [-0.4, -0.2) is 30.2 Å². The van der Waals surface area contributed by atoms with Gasteiger partial charge in [0.1, 0.15) is 0 Å². The van der Waals surface area contributed by atoms with Crippen LogP contribution < -0.4 is 11.1 Å². The topological polar surface area (TPSA) is 75.4 Å². The van der Waals surface area contributed by atoms with Gasteiger partial charge in [0.15, 0.2) is 0 Å². The summed E-state index contributed by atoms with van der Waals surface area (Å²) in [7, 11) is 0. The lowest BCUT2D eigenvalue weighted by atomic mass is 10.0. The van der Waals surface area contributed by atoms with E-state index in [0.717, 1.165) is 19.3 Å². The van der Waals surface area contributed by atoms with Crippen molar-refractivity contribution >= 4 is 5.91 Å². The average Bonchev–Trinajstić information content (AvgIpc) is 2.22. The normalized spacial score (nSPS) is 14.9. The first-order chi connectivity index (χ1) is 6.69. The Balaban J connectivity index is 4.01. The molecule has 4 N–H and O–H groups in total. The molecule has 0 aliphatic rings. The van der Waals surface area contributed by atoms with Gasteiger partial charge < -0.3 is 16.2 Å². The Labute approximate surface area is 85.9 Å². The molecule has 0 saturated carbocycles. The van der Waals surface area contributed by atoms with E-state index >= 15 is 0 Å². The van der Waals surface area contributed by atoms with E-state index in [0.29, 0.717) is 6.54 Å². The zero-order chi connectivity index (χ0) is 11.0. The number of aliphatic hydroxyl groups is 1. The number of nitrogens with two attached hydrogens (primary N) is 1. The van der Waals surface area contributed by atoms with Crippen LogP contribution in [0.1, 0.15) is 33.1 Å². The van der Waals surface area contributed by atoms with E-state index in [-0.39, 0.29) is 24.5 Å². The van der Waals surface area contributed by atoms with Gasteiger partial charge in [-0.1, -0.05) is 20.3 Å². The monoisotopic (exact) mass is 202 g/mol. The molecule has 0 heterocycles. The second-order valence-corrected chi connectivity index (χ2v) is 3.52. The summed E-state index contributed by atoms with van der Waals surface area (Å²) in [4.78, 5) is 11.6. The quantitative estimate of drug-likeness (QED) is 0.554. The van der Waals surface area contributed by atoms with Gasteiger partial charge in [0.2, 0.25) is 5.91 Å². The zero-order valence-corrected chi connectivity index (χ0v) is 9.12. The van der Waals surface area contributed by atoms with Crippen LogP contribution in [0.4, 0.5) is 0 Å². The Kier molecular flexibility index (Phi) is 7.42. The van der Waals surface area contributed by atoms with Gasteiger partial charge in [-0.15, -0.1) is 0 Å². The lowest BCUT2D eigenvalue weighted by molar-refractivity contribution is -0.126. The number of rotatable bonds is 7. The Hall–Kier alpha value is -0.610. The van der Waals surface area contributed by atoms with Gasteiger partial charge in [-0.25, -0.2) is 0 Å². The molecule has 4 nitrogen and oxygen atoms in total. The smallest absolute Gasteiger partial charge is 0.224 e. The van der Waals surface area contributed by atoms with Crippen molar-refractivity contribution in [2.45, 2.75) is 39.2 Å². The van der Waals surface area contributed by atoms with Gasteiger partial charge in [-0.3, -0.25) is 4.79 Å². The summed E-state index contributed by atoms with van der Waals surface area (Å²) < 4.78 is 0. The van der Waals surface area contributed by atoms with Gasteiger partial charge in [0.05, 0.1) is 18.6 Å². The average molecular weight is 202 g/mol. The third kappa shape index (κ3) is 4.58. The summed E-state index contributed by atoms with van der Waals surface area (Å²) in [5.74, 6) is -0.143. The van der Waals surface area contributed by atoms with Gasteiger partial charge in [0, 0.05) is 6.54 Å². The highest BCUT2D eigenvalue weighted by Gasteiger charge is 2.17. The van der Waals surface area contributed by atoms with E-state index in [2.05, 4.69) is 5.32 Å². The highest BCUT2D eigenvalue weighted by atomic mass is 16.3. The summed E-state index contributed by atoms with van der Waals surface area (Å²) >= 11 is 0. The fourth-order valence-electron chi connectivity index (χ4n) is 1.30. The molecule has 1 unspecified atom stereocenters. The minimum absolute atomic E-state index is 0.00828. The molecule has 4 heteroatoms. The predicted octanol–water partition coefficient (Wildman–Crippen LogP) is 0.249. The third-order valence-electron chi connectivity index (χ3n) is 2.35. The number of hydrogen-bond acceptors (Lipinski definition) is 3. The second-order valence-electron chi connectivity index (χ2n) is 3.52. The predicted molar refractivity (Wildman–Crippen MR) is 56.8 cm³/mol. The molecule has 0 bridgehead atoms. The van der Waals surface area contributed by atoms with Crippen LogP contribution >= 0.6 is 0 Å². The number of hydrogen-bond donors (Lipinski definition) is 3. The fourth-order valence-corrected chi connectivity index (χ4v) is 1.30. The van der Waals surface area contributed by atoms with Gasteiger partial charge in [0.25, 0.3) is 0 Å². The molecule has 84 valence electrons. The van der Waals surface area contributed by atoms with Gasteiger partial charge in [-0.2, -0.15) is 0 Å².